The maximum atomic E-state index is 11.5. The third kappa shape index (κ3) is 1.95. The molecular weight excluding hydrogens is 184 g/mol. The summed E-state index contributed by atoms with van der Waals surface area (Å²) in [6.07, 6.45) is 0.753. The summed E-state index contributed by atoms with van der Waals surface area (Å²) in [5, 5.41) is 8.82. The van der Waals surface area contributed by atoms with Gasteiger partial charge in [-0.3, -0.25) is 4.79 Å². The molecule has 1 N–H and O–H groups in total. The molecule has 0 aliphatic rings. The Labute approximate surface area is 83.6 Å². The summed E-state index contributed by atoms with van der Waals surface area (Å²) in [5.41, 5.74) is -1.19. The van der Waals surface area contributed by atoms with E-state index in [0.29, 0.717) is 12.8 Å². The topological polar surface area (TPSA) is 63.6 Å². The summed E-state index contributed by atoms with van der Waals surface area (Å²) in [5.74, 6) is -1.69. The lowest BCUT2D eigenvalue weighted by Gasteiger charge is -2.28. The van der Waals surface area contributed by atoms with Gasteiger partial charge in [-0.2, -0.15) is 0 Å². The van der Waals surface area contributed by atoms with Gasteiger partial charge in [0, 0.05) is 5.57 Å². The fraction of sp³-hybridized carbons (Fsp3) is 0.600. The number of carbonyl (C=O) groups is 2. The van der Waals surface area contributed by atoms with Gasteiger partial charge in [-0.1, -0.05) is 20.4 Å². The highest BCUT2D eigenvalue weighted by Crippen LogP contribution is 2.35. The molecule has 0 saturated heterocycles. The fourth-order valence-corrected chi connectivity index (χ4v) is 1.49. The number of carbonyl (C=O) groups excluding carboxylic acids is 1. The molecule has 0 aliphatic heterocycles. The number of hydrogen-bond acceptors (Lipinski definition) is 3. The Kier molecular flexibility index (Phi) is 4.34. The molecule has 0 unspecified atom stereocenters. The lowest BCUT2D eigenvalue weighted by molar-refractivity contribution is -0.153. The highest BCUT2D eigenvalue weighted by molar-refractivity contribution is 5.96. The normalized spacial score (nSPS) is 10.8. The predicted octanol–water partition coefficient (Wildman–Crippen LogP) is 1.61. The van der Waals surface area contributed by atoms with Crippen LogP contribution in [0.5, 0.6) is 0 Å². The molecule has 0 aromatic carbocycles. The second-order valence-electron chi connectivity index (χ2n) is 3.06. The van der Waals surface area contributed by atoms with Crippen molar-refractivity contribution in [1.29, 1.82) is 0 Å². The van der Waals surface area contributed by atoms with Gasteiger partial charge < -0.3 is 9.84 Å². The van der Waals surface area contributed by atoms with Gasteiger partial charge in [0.2, 0.25) is 0 Å². The van der Waals surface area contributed by atoms with Crippen LogP contribution in [0, 0.1) is 5.41 Å². The summed E-state index contributed by atoms with van der Waals surface area (Å²) in [6.45, 7) is 6.93. The van der Waals surface area contributed by atoms with E-state index in [4.69, 9.17) is 5.11 Å². The van der Waals surface area contributed by atoms with Gasteiger partial charge in [0.15, 0.2) is 0 Å². The van der Waals surface area contributed by atoms with Gasteiger partial charge in [0.05, 0.1) is 12.5 Å². The molecular formula is C10H16O4. The highest BCUT2D eigenvalue weighted by atomic mass is 16.5. The molecule has 80 valence electrons. The van der Waals surface area contributed by atoms with E-state index in [9.17, 15) is 9.59 Å². The van der Waals surface area contributed by atoms with Crippen molar-refractivity contribution in [3.63, 3.8) is 0 Å². The average Bonchev–Trinajstić information content (AvgIpc) is 2.19. The Morgan fingerprint density at radius 3 is 2.00 bits per heavy atom. The summed E-state index contributed by atoms with van der Waals surface area (Å²) in [6, 6.07) is 0. The number of methoxy groups -OCH3 is 1. The van der Waals surface area contributed by atoms with Gasteiger partial charge in [0.25, 0.3) is 0 Å². The minimum absolute atomic E-state index is 0.102. The molecule has 0 spiro atoms. The van der Waals surface area contributed by atoms with E-state index < -0.39 is 17.4 Å². The summed E-state index contributed by atoms with van der Waals surface area (Å²) < 4.78 is 4.61. The first-order chi connectivity index (χ1) is 6.46. The Morgan fingerprint density at radius 1 is 1.36 bits per heavy atom. The molecule has 0 atom stereocenters. The number of rotatable bonds is 5. The van der Waals surface area contributed by atoms with Crippen LogP contribution in [0.4, 0.5) is 0 Å². The maximum Gasteiger partial charge on any atom is 0.332 e. The standard InChI is InChI=1S/C10H16O4/c1-5-10(6-2,9(13)14-4)7(3)8(11)12/h3,5-6H2,1-2,4H3,(H,11,12). The van der Waals surface area contributed by atoms with Crippen LogP contribution in [0.25, 0.3) is 0 Å². The zero-order valence-electron chi connectivity index (χ0n) is 8.79. The Balaban J connectivity index is 5.17. The van der Waals surface area contributed by atoms with Crippen LogP contribution in [0.15, 0.2) is 12.2 Å². The smallest absolute Gasteiger partial charge is 0.332 e. The van der Waals surface area contributed by atoms with E-state index in [1.54, 1.807) is 13.8 Å². The Bertz CT molecular complexity index is 251. The second kappa shape index (κ2) is 4.79. The van der Waals surface area contributed by atoms with Gasteiger partial charge in [0.1, 0.15) is 0 Å². The van der Waals surface area contributed by atoms with E-state index in [-0.39, 0.29) is 5.57 Å². The fourth-order valence-electron chi connectivity index (χ4n) is 1.49. The third-order valence-corrected chi connectivity index (χ3v) is 2.62. The van der Waals surface area contributed by atoms with Gasteiger partial charge in [-0.25, -0.2) is 4.79 Å². The van der Waals surface area contributed by atoms with Crippen LogP contribution in [-0.2, 0) is 14.3 Å². The first kappa shape index (κ1) is 12.7. The summed E-state index contributed by atoms with van der Waals surface area (Å²) in [7, 11) is 1.25. The van der Waals surface area contributed by atoms with E-state index in [0.717, 1.165) is 0 Å². The molecule has 0 saturated carbocycles. The van der Waals surface area contributed by atoms with E-state index >= 15 is 0 Å². The van der Waals surface area contributed by atoms with Crippen molar-refractivity contribution in [2.45, 2.75) is 26.7 Å². The Hall–Kier alpha value is -1.32. The van der Waals surface area contributed by atoms with Crippen molar-refractivity contribution >= 4 is 11.9 Å². The van der Waals surface area contributed by atoms with Crippen LogP contribution in [0.2, 0.25) is 0 Å². The lowest BCUT2D eigenvalue weighted by Crippen LogP contribution is -2.35. The van der Waals surface area contributed by atoms with Crippen LogP contribution < -0.4 is 0 Å². The van der Waals surface area contributed by atoms with Crippen molar-refractivity contribution in [2.75, 3.05) is 7.11 Å². The second-order valence-corrected chi connectivity index (χ2v) is 3.06. The largest absolute Gasteiger partial charge is 0.478 e. The molecule has 0 fully saturated rings. The van der Waals surface area contributed by atoms with Crippen molar-refractivity contribution in [1.82, 2.24) is 0 Å². The number of ether oxygens (including phenoxy) is 1. The molecule has 4 nitrogen and oxygen atoms in total. The van der Waals surface area contributed by atoms with E-state index in [1.807, 2.05) is 0 Å². The molecule has 0 radical (unpaired) electrons. The zero-order chi connectivity index (χ0) is 11.4. The first-order valence-electron chi connectivity index (χ1n) is 4.47. The number of hydrogen-bond donors (Lipinski definition) is 1. The van der Waals surface area contributed by atoms with Crippen LogP contribution in [0.3, 0.4) is 0 Å². The van der Waals surface area contributed by atoms with E-state index in [2.05, 4.69) is 11.3 Å². The van der Waals surface area contributed by atoms with Gasteiger partial charge >= 0.3 is 11.9 Å². The van der Waals surface area contributed by atoms with Crippen molar-refractivity contribution in [3.8, 4) is 0 Å². The summed E-state index contributed by atoms with van der Waals surface area (Å²) in [4.78, 5) is 22.3. The molecule has 0 bridgehead atoms. The molecule has 0 aromatic rings. The van der Waals surface area contributed by atoms with Crippen molar-refractivity contribution in [3.05, 3.63) is 12.2 Å². The van der Waals surface area contributed by atoms with Gasteiger partial charge in [-0.15, -0.1) is 0 Å². The highest BCUT2D eigenvalue weighted by Gasteiger charge is 2.41. The Morgan fingerprint density at radius 2 is 1.79 bits per heavy atom. The van der Waals surface area contributed by atoms with Crippen LogP contribution in [-0.4, -0.2) is 24.2 Å². The SMILES string of the molecule is C=C(C(=O)O)C(CC)(CC)C(=O)OC. The monoisotopic (exact) mass is 200 g/mol. The van der Waals surface area contributed by atoms with Crippen LogP contribution >= 0.6 is 0 Å². The molecule has 0 rings (SSSR count). The molecule has 0 aliphatic carbocycles. The quantitative estimate of drug-likeness (QED) is 0.541. The minimum Gasteiger partial charge on any atom is -0.478 e. The number of esters is 1. The molecule has 0 heterocycles. The first-order valence-corrected chi connectivity index (χ1v) is 4.47. The van der Waals surface area contributed by atoms with Gasteiger partial charge in [-0.05, 0) is 12.8 Å². The number of carboxylic acids is 1. The molecule has 4 heteroatoms. The van der Waals surface area contributed by atoms with E-state index in [1.165, 1.54) is 7.11 Å². The predicted molar refractivity (Wildman–Crippen MR) is 51.8 cm³/mol. The molecule has 0 amide bonds. The number of aliphatic carboxylic acids is 1. The van der Waals surface area contributed by atoms with Crippen molar-refractivity contribution in [2.24, 2.45) is 5.41 Å². The molecule has 0 aromatic heterocycles. The maximum absolute atomic E-state index is 11.5. The third-order valence-electron chi connectivity index (χ3n) is 2.62. The van der Waals surface area contributed by atoms with Crippen molar-refractivity contribution < 1.29 is 19.4 Å². The van der Waals surface area contributed by atoms with Crippen LogP contribution in [0.1, 0.15) is 26.7 Å². The molecule has 14 heavy (non-hydrogen) atoms. The average molecular weight is 200 g/mol. The summed E-state index contributed by atoms with van der Waals surface area (Å²) >= 11 is 0. The zero-order valence-corrected chi connectivity index (χ0v) is 8.79. The lowest BCUT2D eigenvalue weighted by atomic mass is 9.76. The number of carboxylic acid groups (broad SMARTS) is 1. The minimum atomic E-state index is -1.15.